The maximum absolute atomic E-state index is 12.1. The van der Waals surface area contributed by atoms with E-state index in [9.17, 15) is 4.79 Å². The Kier molecular flexibility index (Phi) is 6.74. The molecule has 1 heterocycles. The van der Waals surface area contributed by atoms with Gasteiger partial charge in [-0.1, -0.05) is 26.0 Å². The van der Waals surface area contributed by atoms with Gasteiger partial charge in [0.25, 0.3) is 0 Å². The highest BCUT2D eigenvalue weighted by Crippen LogP contribution is 2.27. The summed E-state index contributed by atoms with van der Waals surface area (Å²) >= 11 is 0. The van der Waals surface area contributed by atoms with Crippen molar-refractivity contribution in [3.05, 3.63) is 36.4 Å². The minimum absolute atomic E-state index is 0.000314. The molecule has 2 rings (SSSR count). The second-order valence-electron chi connectivity index (χ2n) is 6.09. The van der Waals surface area contributed by atoms with E-state index in [1.54, 1.807) is 12.1 Å². The van der Waals surface area contributed by atoms with Gasteiger partial charge in [-0.15, -0.1) is 10.2 Å². The summed E-state index contributed by atoms with van der Waals surface area (Å²) in [7, 11) is 0. The number of hydrogen-bond acceptors (Lipinski definition) is 5. The first-order valence-corrected chi connectivity index (χ1v) is 8.70. The molecule has 0 spiro atoms. The van der Waals surface area contributed by atoms with Crippen LogP contribution in [0.1, 0.15) is 40.5 Å². The van der Waals surface area contributed by atoms with E-state index in [2.05, 4.69) is 20.8 Å². The largest absolute Gasteiger partial charge is 0.489 e. The van der Waals surface area contributed by atoms with Gasteiger partial charge in [0.05, 0.1) is 11.8 Å². The van der Waals surface area contributed by atoms with Crippen molar-refractivity contribution in [2.24, 2.45) is 5.92 Å². The molecule has 0 saturated carbocycles. The number of amides is 1. The van der Waals surface area contributed by atoms with Gasteiger partial charge in [0.15, 0.2) is 11.6 Å². The number of carbonyl (C=O) groups is 1. The Balaban J connectivity index is 2.05. The third-order valence-corrected chi connectivity index (χ3v) is 3.78. The molecule has 0 aliphatic heterocycles. The summed E-state index contributed by atoms with van der Waals surface area (Å²) in [6.45, 7) is 7.97. The Morgan fingerprint density at radius 2 is 1.68 bits per heavy atom. The summed E-state index contributed by atoms with van der Waals surface area (Å²) in [5.41, 5.74) is 0.819. The number of ether oxygens (including phenoxy) is 1. The monoisotopic (exact) mass is 342 g/mol. The average molecular weight is 342 g/mol. The Hall–Kier alpha value is -2.63. The summed E-state index contributed by atoms with van der Waals surface area (Å²) < 4.78 is 5.78. The van der Waals surface area contributed by atoms with E-state index in [-0.39, 0.29) is 17.9 Å². The average Bonchev–Trinajstić information content (AvgIpc) is 2.59. The predicted molar refractivity (Wildman–Crippen MR) is 100 cm³/mol. The van der Waals surface area contributed by atoms with E-state index in [0.29, 0.717) is 11.6 Å². The van der Waals surface area contributed by atoms with Crippen LogP contribution in [-0.2, 0) is 4.79 Å². The molecule has 0 unspecified atom stereocenters. The second-order valence-corrected chi connectivity index (χ2v) is 6.09. The number of para-hydroxylation sites is 2. The number of benzene rings is 1. The number of aromatic nitrogens is 2. The van der Waals surface area contributed by atoms with Gasteiger partial charge >= 0.3 is 0 Å². The molecule has 0 aliphatic rings. The van der Waals surface area contributed by atoms with Crippen LogP contribution < -0.4 is 15.4 Å². The number of hydrogen-bond donors (Lipinski definition) is 2. The lowest BCUT2D eigenvalue weighted by Gasteiger charge is -2.15. The fourth-order valence-corrected chi connectivity index (χ4v) is 2.42. The molecule has 6 nitrogen and oxygen atoms in total. The molecule has 1 aromatic heterocycles. The lowest BCUT2D eigenvalue weighted by molar-refractivity contribution is -0.120. The van der Waals surface area contributed by atoms with Gasteiger partial charge < -0.3 is 15.4 Å². The first kappa shape index (κ1) is 18.7. The van der Waals surface area contributed by atoms with Crippen LogP contribution in [0.5, 0.6) is 5.75 Å². The highest BCUT2D eigenvalue weighted by molar-refractivity contribution is 5.91. The quantitative estimate of drug-likeness (QED) is 0.744. The smallest absolute Gasteiger partial charge is 0.228 e. The van der Waals surface area contributed by atoms with Crippen LogP contribution in [0, 0.1) is 5.92 Å². The van der Waals surface area contributed by atoms with Crippen molar-refractivity contribution in [2.45, 2.75) is 46.6 Å². The van der Waals surface area contributed by atoms with E-state index >= 15 is 0 Å². The van der Waals surface area contributed by atoms with Crippen LogP contribution >= 0.6 is 0 Å². The molecule has 0 bridgehead atoms. The minimum atomic E-state index is -0.0179. The van der Waals surface area contributed by atoms with Crippen molar-refractivity contribution < 1.29 is 9.53 Å². The van der Waals surface area contributed by atoms with Gasteiger partial charge in [-0.25, -0.2) is 0 Å². The molecule has 2 aromatic rings. The number of carbonyl (C=O) groups excluding carboxylic acids is 1. The van der Waals surface area contributed by atoms with Crippen molar-refractivity contribution >= 4 is 23.2 Å². The fourth-order valence-electron chi connectivity index (χ4n) is 2.42. The molecule has 0 saturated heterocycles. The van der Waals surface area contributed by atoms with Crippen LogP contribution in [0.25, 0.3) is 0 Å². The highest BCUT2D eigenvalue weighted by Gasteiger charge is 2.15. The number of rotatable bonds is 8. The first-order valence-electron chi connectivity index (χ1n) is 8.70. The zero-order valence-corrected chi connectivity index (χ0v) is 15.2. The molecular formula is C19H26N4O2. The van der Waals surface area contributed by atoms with Gasteiger partial charge in [0.2, 0.25) is 5.91 Å². The van der Waals surface area contributed by atoms with Crippen LogP contribution in [0.4, 0.5) is 17.3 Å². The maximum Gasteiger partial charge on any atom is 0.228 e. The van der Waals surface area contributed by atoms with Crippen molar-refractivity contribution in [3.8, 4) is 5.75 Å². The summed E-state index contributed by atoms with van der Waals surface area (Å²) in [6.07, 6.45) is 1.70. The van der Waals surface area contributed by atoms with Crippen LogP contribution in [0.2, 0.25) is 0 Å². The van der Waals surface area contributed by atoms with Crippen molar-refractivity contribution in [1.29, 1.82) is 0 Å². The zero-order valence-electron chi connectivity index (χ0n) is 15.2. The molecule has 1 aromatic carbocycles. The lowest BCUT2D eigenvalue weighted by atomic mass is 10.0. The summed E-state index contributed by atoms with van der Waals surface area (Å²) in [6, 6.07) is 11.2. The Morgan fingerprint density at radius 1 is 1.04 bits per heavy atom. The van der Waals surface area contributed by atoms with Gasteiger partial charge in [0.1, 0.15) is 5.75 Å². The van der Waals surface area contributed by atoms with Gasteiger partial charge in [-0.05, 0) is 51.0 Å². The summed E-state index contributed by atoms with van der Waals surface area (Å²) in [5, 5.41) is 14.2. The molecule has 1 amide bonds. The number of anilines is 3. The Labute approximate surface area is 149 Å². The zero-order chi connectivity index (χ0) is 18.2. The van der Waals surface area contributed by atoms with E-state index in [0.717, 1.165) is 24.3 Å². The molecule has 0 radical (unpaired) electrons. The Morgan fingerprint density at radius 3 is 2.28 bits per heavy atom. The molecule has 0 atom stereocenters. The maximum atomic E-state index is 12.1. The van der Waals surface area contributed by atoms with E-state index in [4.69, 9.17) is 4.74 Å². The second kappa shape index (κ2) is 9.01. The SMILES string of the molecule is CCC(CC)C(=O)Nc1ccc(Nc2ccccc2OC(C)C)nn1. The van der Waals surface area contributed by atoms with E-state index < -0.39 is 0 Å². The molecule has 2 N–H and O–H groups in total. The molecule has 25 heavy (non-hydrogen) atoms. The number of nitrogens with one attached hydrogen (secondary N) is 2. The van der Waals surface area contributed by atoms with Crippen LogP contribution in [-0.4, -0.2) is 22.2 Å². The fraction of sp³-hybridized carbons (Fsp3) is 0.421. The van der Waals surface area contributed by atoms with Gasteiger partial charge in [-0.2, -0.15) is 0 Å². The van der Waals surface area contributed by atoms with Gasteiger partial charge in [0, 0.05) is 5.92 Å². The van der Waals surface area contributed by atoms with E-state index in [1.807, 2.05) is 52.0 Å². The third kappa shape index (κ3) is 5.45. The summed E-state index contributed by atoms with van der Waals surface area (Å²) in [5.74, 6) is 1.77. The summed E-state index contributed by atoms with van der Waals surface area (Å²) in [4.78, 5) is 12.1. The first-order chi connectivity index (χ1) is 12.0. The minimum Gasteiger partial charge on any atom is -0.489 e. The molecule has 0 fully saturated rings. The van der Waals surface area contributed by atoms with Crippen LogP contribution in [0.15, 0.2) is 36.4 Å². The standard InChI is InChI=1S/C19H26N4O2/c1-5-14(6-2)19(24)21-18-12-11-17(22-23-18)20-15-9-7-8-10-16(15)25-13(3)4/h7-14H,5-6H2,1-4H3,(H,20,22)(H,21,23,24). The highest BCUT2D eigenvalue weighted by atomic mass is 16.5. The van der Waals surface area contributed by atoms with E-state index in [1.165, 1.54) is 0 Å². The van der Waals surface area contributed by atoms with Gasteiger partial charge in [-0.3, -0.25) is 4.79 Å². The molecular weight excluding hydrogens is 316 g/mol. The van der Waals surface area contributed by atoms with Crippen molar-refractivity contribution in [1.82, 2.24) is 10.2 Å². The molecule has 6 heteroatoms. The number of nitrogens with zero attached hydrogens (tertiary/aromatic N) is 2. The Bertz CT molecular complexity index is 682. The van der Waals surface area contributed by atoms with Crippen LogP contribution in [0.3, 0.4) is 0 Å². The normalized spacial score (nSPS) is 10.8. The third-order valence-electron chi connectivity index (χ3n) is 3.78. The topological polar surface area (TPSA) is 76.1 Å². The van der Waals surface area contributed by atoms with Crippen molar-refractivity contribution in [2.75, 3.05) is 10.6 Å². The van der Waals surface area contributed by atoms with Crippen molar-refractivity contribution in [3.63, 3.8) is 0 Å². The molecule has 0 aliphatic carbocycles. The molecule has 134 valence electrons. The lowest BCUT2D eigenvalue weighted by Crippen LogP contribution is -2.22. The predicted octanol–water partition coefficient (Wildman–Crippen LogP) is 4.38.